The van der Waals surface area contributed by atoms with E-state index in [9.17, 15) is 19.2 Å². The SMILES string of the molecule is CN1Cc2ccc(NC(=O)Cc3ccc(NC(=O)Nc4ccccc4Br)cc3)cc2CN(CC(=O)O)C1=O. The van der Waals surface area contributed by atoms with Crippen molar-refractivity contribution in [1.29, 1.82) is 0 Å². The van der Waals surface area contributed by atoms with Gasteiger partial charge in [-0.05, 0) is 69.0 Å². The number of amides is 5. The first-order valence-corrected chi connectivity index (χ1v) is 12.5. The summed E-state index contributed by atoms with van der Waals surface area (Å²) in [6, 6.07) is 18.8. The van der Waals surface area contributed by atoms with Crippen LogP contribution in [0.4, 0.5) is 26.7 Å². The van der Waals surface area contributed by atoms with Crippen LogP contribution in [-0.4, -0.2) is 52.4 Å². The summed E-state index contributed by atoms with van der Waals surface area (Å²) in [6.07, 6.45) is 0.118. The molecule has 0 saturated carbocycles. The lowest BCUT2D eigenvalue weighted by molar-refractivity contribution is -0.137. The van der Waals surface area contributed by atoms with Crippen molar-refractivity contribution < 1.29 is 24.3 Å². The Labute approximate surface area is 227 Å². The summed E-state index contributed by atoms with van der Waals surface area (Å²) in [4.78, 5) is 51.4. The Morgan fingerprint density at radius 1 is 0.895 bits per heavy atom. The van der Waals surface area contributed by atoms with E-state index in [-0.39, 0.29) is 30.9 Å². The van der Waals surface area contributed by atoms with Crippen LogP contribution in [0.2, 0.25) is 0 Å². The summed E-state index contributed by atoms with van der Waals surface area (Å²) in [7, 11) is 1.62. The van der Waals surface area contributed by atoms with E-state index >= 15 is 0 Å². The molecule has 196 valence electrons. The number of hydrogen-bond donors (Lipinski definition) is 4. The topological polar surface area (TPSA) is 131 Å². The maximum absolute atomic E-state index is 12.7. The van der Waals surface area contributed by atoms with Crippen molar-refractivity contribution >= 4 is 56.9 Å². The zero-order chi connectivity index (χ0) is 27.2. The molecular weight excluding hydrogens is 554 g/mol. The predicted molar refractivity (Wildman–Crippen MR) is 147 cm³/mol. The second-order valence-corrected chi connectivity index (χ2v) is 9.71. The second kappa shape index (κ2) is 11.8. The number of carboxylic acid groups (broad SMARTS) is 1. The van der Waals surface area contributed by atoms with Crippen LogP contribution in [0.5, 0.6) is 0 Å². The highest BCUT2D eigenvalue weighted by atomic mass is 79.9. The summed E-state index contributed by atoms with van der Waals surface area (Å²) in [6.45, 7) is 0.0762. The standard InChI is InChI=1S/C27H26BrN5O5/c1-32-14-18-8-11-21(13-19(18)15-33(27(32)38)16-25(35)36)29-24(34)12-17-6-9-20(10-7-17)30-26(37)31-23-5-3-2-4-22(23)28/h2-11,13H,12,14-16H2,1H3,(H,29,34)(H,35,36)(H2,30,31,37). The summed E-state index contributed by atoms with van der Waals surface area (Å²) >= 11 is 3.38. The highest BCUT2D eigenvalue weighted by Gasteiger charge is 2.26. The molecule has 1 aliphatic heterocycles. The van der Waals surface area contributed by atoms with Crippen molar-refractivity contribution in [2.45, 2.75) is 19.5 Å². The Kier molecular flexibility index (Phi) is 8.27. The molecule has 10 nitrogen and oxygen atoms in total. The molecule has 4 N–H and O–H groups in total. The molecule has 0 fully saturated rings. The molecule has 0 aromatic heterocycles. The summed E-state index contributed by atoms with van der Waals surface area (Å²) in [5.41, 5.74) is 4.20. The molecular formula is C27H26BrN5O5. The summed E-state index contributed by atoms with van der Waals surface area (Å²) in [5, 5.41) is 17.5. The average molecular weight is 580 g/mol. The lowest BCUT2D eigenvalue weighted by Gasteiger charge is -2.23. The fraction of sp³-hybridized carbons (Fsp3) is 0.185. The first-order chi connectivity index (χ1) is 18.2. The van der Waals surface area contributed by atoms with Gasteiger partial charge in [0.25, 0.3) is 0 Å². The number of aliphatic carboxylic acids is 1. The molecule has 0 spiro atoms. The van der Waals surface area contributed by atoms with Crippen LogP contribution in [0.15, 0.2) is 71.2 Å². The van der Waals surface area contributed by atoms with Crippen LogP contribution >= 0.6 is 15.9 Å². The first kappa shape index (κ1) is 26.7. The largest absolute Gasteiger partial charge is 0.480 e. The van der Waals surface area contributed by atoms with E-state index in [1.165, 1.54) is 9.80 Å². The number of hydrogen-bond acceptors (Lipinski definition) is 4. The monoisotopic (exact) mass is 579 g/mol. The van der Waals surface area contributed by atoms with Gasteiger partial charge in [-0.3, -0.25) is 9.59 Å². The molecule has 0 atom stereocenters. The van der Waals surface area contributed by atoms with Gasteiger partial charge in [0.2, 0.25) is 5.91 Å². The second-order valence-electron chi connectivity index (χ2n) is 8.85. The Morgan fingerprint density at radius 3 is 2.32 bits per heavy atom. The normalized spacial score (nSPS) is 12.8. The number of nitrogens with zero attached hydrogens (tertiary/aromatic N) is 2. The number of carbonyl (C=O) groups is 4. The molecule has 38 heavy (non-hydrogen) atoms. The lowest BCUT2D eigenvalue weighted by atomic mass is 10.1. The van der Waals surface area contributed by atoms with E-state index < -0.39 is 12.5 Å². The van der Waals surface area contributed by atoms with Crippen molar-refractivity contribution in [3.05, 3.63) is 87.9 Å². The van der Waals surface area contributed by atoms with Crippen molar-refractivity contribution in [2.75, 3.05) is 29.5 Å². The van der Waals surface area contributed by atoms with Crippen molar-refractivity contribution in [3.8, 4) is 0 Å². The Bertz CT molecular complexity index is 1380. The highest BCUT2D eigenvalue weighted by Crippen LogP contribution is 2.24. The lowest BCUT2D eigenvalue weighted by Crippen LogP contribution is -2.40. The van der Waals surface area contributed by atoms with Gasteiger partial charge in [0, 0.05) is 36.0 Å². The number of benzene rings is 3. The molecule has 3 aromatic carbocycles. The smallest absolute Gasteiger partial charge is 0.323 e. The van der Waals surface area contributed by atoms with Crippen molar-refractivity contribution in [2.24, 2.45) is 0 Å². The van der Waals surface area contributed by atoms with Gasteiger partial charge < -0.3 is 30.9 Å². The van der Waals surface area contributed by atoms with Gasteiger partial charge in [0.15, 0.2) is 0 Å². The Morgan fingerprint density at radius 2 is 1.61 bits per heavy atom. The van der Waals surface area contributed by atoms with E-state index in [0.717, 1.165) is 21.2 Å². The molecule has 1 aliphatic rings. The molecule has 0 saturated heterocycles. The summed E-state index contributed by atoms with van der Waals surface area (Å²) in [5.74, 6) is -1.33. The number of rotatable bonds is 7. The van der Waals surface area contributed by atoms with Gasteiger partial charge in [-0.15, -0.1) is 0 Å². The number of anilines is 3. The van der Waals surface area contributed by atoms with Crippen LogP contribution in [-0.2, 0) is 29.1 Å². The highest BCUT2D eigenvalue weighted by molar-refractivity contribution is 9.10. The molecule has 0 unspecified atom stereocenters. The maximum atomic E-state index is 12.7. The molecule has 0 bridgehead atoms. The zero-order valence-corrected chi connectivity index (χ0v) is 22.1. The predicted octanol–water partition coefficient (Wildman–Crippen LogP) is 4.73. The molecule has 11 heteroatoms. The fourth-order valence-electron chi connectivity index (χ4n) is 4.07. The van der Waals surface area contributed by atoms with E-state index in [1.54, 1.807) is 49.5 Å². The van der Waals surface area contributed by atoms with Gasteiger partial charge in [0.1, 0.15) is 6.54 Å². The molecule has 3 aromatic rings. The van der Waals surface area contributed by atoms with Gasteiger partial charge in [-0.25, -0.2) is 9.59 Å². The van der Waals surface area contributed by atoms with E-state index in [1.807, 2.05) is 24.3 Å². The third-order valence-corrected chi connectivity index (χ3v) is 6.57. The van der Waals surface area contributed by atoms with Gasteiger partial charge in [-0.1, -0.05) is 30.3 Å². The third kappa shape index (κ3) is 6.88. The molecule has 0 radical (unpaired) electrons. The zero-order valence-electron chi connectivity index (χ0n) is 20.5. The van der Waals surface area contributed by atoms with E-state index in [4.69, 9.17) is 5.11 Å². The third-order valence-electron chi connectivity index (χ3n) is 5.88. The first-order valence-electron chi connectivity index (χ1n) is 11.7. The quantitative estimate of drug-likeness (QED) is 0.321. The number of urea groups is 2. The Hall–Kier alpha value is -4.38. The Balaban J connectivity index is 1.35. The fourth-order valence-corrected chi connectivity index (χ4v) is 4.46. The van der Waals surface area contributed by atoms with Crippen LogP contribution < -0.4 is 16.0 Å². The van der Waals surface area contributed by atoms with Crippen molar-refractivity contribution in [1.82, 2.24) is 9.80 Å². The van der Waals surface area contributed by atoms with Crippen LogP contribution in [0.1, 0.15) is 16.7 Å². The molecule has 5 amide bonds. The number of para-hydroxylation sites is 1. The number of nitrogens with one attached hydrogen (secondary N) is 3. The maximum Gasteiger partial charge on any atom is 0.323 e. The van der Waals surface area contributed by atoms with Crippen LogP contribution in [0.3, 0.4) is 0 Å². The molecule has 4 rings (SSSR count). The van der Waals surface area contributed by atoms with Crippen LogP contribution in [0, 0.1) is 0 Å². The number of fused-ring (bicyclic) bond motifs is 1. The van der Waals surface area contributed by atoms with Gasteiger partial charge in [0.05, 0.1) is 12.1 Å². The van der Waals surface area contributed by atoms with Crippen molar-refractivity contribution in [3.63, 3.8) is 0 Å². The minimum atomic E-state index is -1.09. The average Bonchev–Trinajstić information content (AvgIpc) is 2.97. The van der Waals surface area contributed by atoms with E-state index in [2.05, 4.69) is 31.9 Å². The molecule has 0 aliphatic carbocycles. The number of halogens is 1. The van der Waals surface area contributed by atoms with Gasteiger partial charge >= 0.3 is 18.0 Å². The molecule has 1 heterocycles. The minimum absolute atomic E-state index is 0.118. The van der Waals surface area contributed by atoms with E-state index in [0.29, 0.717) is 23.6 Å². The van der Waals surface area contributed by atoms with Crippen LogP contribution in [0.25, 0.3) is 0 Å². The number of carbonyl (C=O) groups excluding carboxylic acids is 3. The summed E-state index contributed by atoms with van der Waals surface area (Å²) < 4.78 is 0.768. The van der Waals surface area contributed by atoms with Gasteiger partial charge in [-0.2, -0.15) is 0 Å². The minimum Gasteiger partial charge on any atom is -0.480 e. The number of carboxylic acids is 1.